The van der Waals surface area contributed by atoms with Crippen molar-refractivity contribution in [3.63, 3.8) is 0 Å². The van der Waals surface area contributed by atoms with Crippen molar-refractivity contribution < 1.29 is 9.53 Å². The smallest absolute Gasteiger partial charge is 0.234 e. The van der Waals surface area contributed by atoms with E-state index in [1.165, 1.54) is 11.8 Å². The second-order valence-electron chi connectivity index (χ2n) is 5.07. The van der Waals surface area contributed by atoms with Gasteiger partial charge in [-0.15, -0.1) is 5.10 Å². The first-order chi connectivity index (χ1) is 12.7. The summed E-state index contributed by atoms with van der Waals surface area (Å²) in [6.45, 7) is 0. The van der Waals surface area contributed by atoms with Gasteiger partial charge in [-0.3, -0.25) is 4.79 Å². The minimum absolute atomic E-state index is 0.107. The van der Waals surface area contributed by atoms with E-state index < -0.39 is 0 Å². The summed E-state index contributed by atoms with van der Waals surface area (Å²) >= 11 is 1.20. The molecule has 3 aromatic rings. The van der Waals surface area contributed by atoms with Crippen LogP contribution in [0.1, 0.15) is 5.56 Å². The molecule has 0 bridgehead atoms. The Kier molecular flexibility index (Phi) is 5.46. The summed E-state index contributed by atoms with van der Waals surface area (Å²) in [5.41, 5.74) is 1.65. The number of methoxy groups -OCH3 is 1. The van der Waals surface area contributed by atoms with Crippen molar-refractivity contribution in [2.24, 2.45) is 0 Å². The number of carbonyl (C=O) groups excluding carboxylic acids is 1. The maximum Gasteiger partial charge on any atom is 0.234 e. The average Bonchev–Trinajstić information content (AvgIpc) is 3.15. The van der Waals surface area contributed by atoms with Crippen LogP contribution in [0.25, 0.3) is 5.69 Å². The standard InChI is InChI=1S/C17H14N6O2S/c1-25-14-8-6-13(7-9-14)23-17(20-21-22-23)26-11-16(24)19-15-5-3-2-4-12(15)10-18/h2-9H,11H2,1H3,(H,19,24). The number of hydrogen-bond donors (Lipinski definition) is 1. The molecule has 1 N–H and O–H groups in total. The molecule has 0 atom stereocenters. The third kappa shape index (κ3) is 3.99. The lowest BCUT2D eigenvalue weighted by atomic mass is 10.2. The highest BCUT2D eigenvalue weighted by atomic mass is 32.2. The maximum atomic E-state index is 12.2. The quantitative estimate of drug-likeness (QED) is 0.667. The number of thioether (sulfide) groups is 1. The number of rotatable bonds is 6. The average molecular weight is 366 g/mol. The van der Waals surface area contributed by atoms with Gasteiger partial charge in [-0.1, -0.05) is 23.9 Å². The summed E-state index contributed by atoms with van der Waals surface area (Å²) in [6.07, 6.45) is 0. The molecule has 9 heteroatoms. The summed E-state index contributed by atoms with van der Waals surface area (Å²) in [5, 5.41) is 23.8. The van der Waals surface area contributed by atoms with E-state index in [0.29, 0.717) is 16.4 Å². The van der Waals surface area contributed by atoms with Gasteiger partial charge in [0.1, 0.15) is 11.8 Å². The molecule has 2 aromatic carbocycles. The van der Waals surface area contributed by atoms with E-state index in [2.05, 4.69) is 20.8 Å². The highest BCUT2D eigenvalue weighted by Crippen LogP contribution is 2.21. The molecule has 26 heavy (non-hydrogen) atoms. The molecule has 8 nitrogen and oxygen atoms in total. The molecular weight excluding hydrogens is 352 g/mol. The Labute approximate surface area is 153 Å². The first kappa shape index (κ1) is 17.4. The summed E-state index contributed by atoms with van der Waals surface area (Å²) in [5.74, 6) is 0.588. The van der Waals surface area contributed by atoms with Gasteiger partial charge < -0.3 is 10.1 Å². The van der Waals surface area contributed by atoms with E-state index >= 15 is 0 Å². The fourth-order valence-electron chi connectivity index (χ4n) is 2.16. The molecule has 0 aliphatic rings. The molecule has 0 radical (unpaired) electrons. The Morgan fingerprint density at radius 3 is 2.77 bits per heavy atom. The van der Waals surface area contributed by atoms with Crippen molar-refractivity contribution in [3.05, 3.63) is 54.1 Å². The van der Waals surface area contributed by atoms with Crippen LogP contribution in [0.4, 0.5) is 5.69 Å². The summed E-state index contributed by atoms with van der Waals surface area (Å²) < 4.78 is 6.67. The van der Waals surface area contributed by atoms with Gasteiger partial charge in [0.05, 0.1) is 29.8 Å². The first-order valence-corrected chi connectivity index (χ1v) is 8.54. The Morgan fingerprint density at radius 2 is 2.04 bits per heavy atom. The van der Waals surface area contributed by atoms with Crippen molar-refractivity contribution >= 4 is 23.4 Å². The molecule has 0 aliphatic heterocycles. The zero-order chi connectivity index (χ0) is 18.4. The van der Waals surface area contributed by atoms with Crippen LogP contribution in [0.3, 0.4) is 0 Å². The maximum absolute atomic E-state index is 12.2. The Hall–Kier alpha value is -3.38. The third-order valence-electron chi connectivity index (χ3n) is 3.41. The molecule has 1 heterocycles. The number of anilines is 1. The Morgan fingerprint density at radius 1 is 1.27 bits per heavy atom. The topological polar surface area (TPSA) is 106 Å². The molecule has 0 unspecified atom stereocenters. The number of para-hydroxylation sites is 1. The minimum atomic E-state index is -0.248. The second kappa shape index (κ2) is 8.13. The predicted molar refractivity (Wildman–Crippen MR) is 96.2 cm³/mol. The number of tetrazole rings is 1. The van der Waals surface area contributed by atoms with Gasteiger partial charge in [0, 0.05) is 0 Å². The van der Waals surface area contributed by atoms with Crippen LogP contribution in [0.15, 0.2) is 53.7 Å². The zero-order valence-corrected chi connectivity index (χ0v) is 14.6. The number of ether oxygens (including phenoxy) is 1. The van der Waals surface area contributed by atoms with E-state index in [1.54, 1.807) is 48.2 Å². The van der Waals surface area contributed by atoms with Crippen molar-refractivity contribution in [2.75, 3.05) is 18.2 Å². The van der Waals surface area contributed by atoms with E-state index in [9.17, 15) is 4.79 Å². The van der Waals surface area contributed by atoms with Gasteiger partial charge in [-0.2, -0.15) is 9.94 Å². The van der Waals surface area contributed by atoms with E-state index in [0.717, 1.165) is 11.4 Å². The molecule has 0 spiro atoms. The molecule has 1 aromatic heterocycles. The number of nitrogens with one attached hydrogen (secondary N) is 1. The van der Waals surface area contributed by atoms with Gasteiger partial charge >= 0.3 is 0 Å². The summed E-state index contributed by atoms with van der Waals surface area (Å²) in [4.78, 5) is 12.2. The minimum Gasteiger partial charge on any atom is -0.497 e. The molecule has 130 valence electrons. The van der Waals surface area contributed by atoms with Crippen molar-refractivity contribution in [2.45, 2.75) is 5.16 Å². The van der Waals surface area contributed by atoms with Crippen molar-refractivity contribution in [1.29, 1.82) is 5.26 Å². The number of aromatic nitrogens is 4. The molecule has 0 saturated carbocycles. The number of hydrogen-bond acceptors (Lipinski definition) is 7. The molecule has 0 fully saturated rings. The molecule has 0 aliphatic carbocycles. The third-order valence-corrected chi connectivity index (χ3v) is 4.33. The molecule has 3 rings (SSSR count). The number of carbonyl (C=O) groups is 1. The largest absolute Gasteiger partial charge is 0.497 e. The monoisotopic (exact) mass is 366 g/mol. The van der Waals surface area contributed by atoms with Gasteiger partial charge in [0.2, 0.25) is 11.1 Å². The van der Waals surface area contributed by atoms with Gasteiger partial charge in [-0.25, -0.2) is 0 Å². The fraction of sp³-hybridized carbons (Fsp3) is 0.118. The number of amides is 1. The normalized spacial score (nSPS) is 10.2. The molecule has 0 saturated heterocycles. The lowest BCUT2D eigenvalue weighted by molar-refractivity contribution is -0.113. The van der Waals surface area contributed by atoms with Crippen LogP contribution in [0.5, 0.6) is 5.75 Å². The highest BCUT2D eigenvalue weighted by molar-refractivity contribution is 7.99. The van der Waals surface area contributed by atoms with E-state index in [4.69, 9.17) is 10.00 Å². The SMILES string of the molecule is COc1ccc(-n2nnnc2SCC(=O)Nc2ccccc2C#N)cc1. The summed E-state index contributed by atoms with van der Waals surface area (Å²) in [6, 6.07) is 16.1. The fourth-order valence-corrected chi connectivity index (χ4v) is 2.85. The van der Waals surface area contributed by atoms with Crippen molar-refractivity contribution in [3.8, 4) is 17.5 Å². The van der Waals surface area contributed by atoms with Crippen molar-refractivity contribution in [1.82, 2.24) is 20.2 Å². The van der Waals surface area contributed by atoms with Crippen LogP contribution < -0.4 is 10.1 Å². The number of benzene rings is 2. The first-order valence-electron chi connectivity index (χ1n) is 7.56. The van der Waals surface area contributed by atoms with Crippen LogP contribution in [-0.2, 0) is 4.79 Å². The highest BCUT2D eigenvalue weighted by Gasteiger charge is 2.13. The van der Waals surface area contributed by atoms with Crippen LogP contribution >= 0.6 is 11.8 Å². The predicted octanol–water partition coefficient (Wildman–Crippen LogP) is 2.27. The number of nitriles is 1. The lowest BCUT2D eigenvalue weighted by Crippen LogP contribution is -2.15. The molecule has 1 amide bonds. The summed E-state index contributed by atoms with van der Waals surface area (Å²) in [7, 11) is 1.59. The van der Waals surface area contributed by atoms with E-state index in [-0.39, 0.29) is 11.7 Å². The lowest BCUT2D eigenvalue weighted by Gasteiger charge is -2.07. The van der Waals surface area contributed by atoms with E-state index in [1.807, 2.05) is 18.2 Å². The molecular formula is C17H14N6O2S. The van der Waals surface area contributed by atoms with Gasteiger partial charge in [0.15, 0.2) is 0 Å². The second-order valence-corrected chi connectivity index (χ2v) is 6.01. The number of nitrogens with zero attached hydrogens (tertiary/aromatic N) is 5. The van der Waals surface area contributed by atoms with Gasteiger partial charge in [-0.05, 0) is 46.8 Å². The Balaban J connectivity index is 1.66. The zero-order valence-electron chi connectivity index (χ0n) is 13.8. The van der Waals surface area contributed by atoms with Crippen LogP contribution in [0, 0.1) is 11.3 Å². The van der Waals surface area contributed by atoms with Crippen LogP contribution in [0.2, 0.25) is 0 Å². The Bertz CT molecular complexity index is 948. The van der Waals surface area contributed by atoms with Gasteiger partial charge in [0.25, 0.3) is 0 Å². The van der Waals surface area contributed by atoms with Crippen LogP contribution in [-0.4, -0.2) is 39.0 Å².